The second kappa shape index (κ2) is 11.3. The molecule has 8 heteroatoms. The van der Waals surface area contributed by atoms with Crippen LogP contribution in [0.15, 0.2) is 30.3 Å². The summed E-state index contributed by atoms with van der Waals surface area (Å²) in [5.41, 5.74) is 0.537. The van der Waals surface area contributed by atoms with Gasteiger partial charge in [-0.3, -0.25) is 14.8 Å². The molecule has 8 nitrogen and oxygen atoms in total. The van der Waals surface area contributed by atoms with E-state index in [-0.39, 0.29) is 29.7 Å². The predicted octanol–water partition coefficient (Wildman–Crippen LogP) is 3.28. The fourth-order valence-electron chi connectivity index (χ4n) is 3.98. The van der Waals surface area contributed by atoms with E-state index in [1.165, 1.54) is 0 Å². The molecular formula is C24H37N3O5. The lowest BCUT2D eigenvalue weighted by Gasteiger charge is -2.28. The maximum atomic E-state index is 12.8. The first kappa shape index (κ1) is 25.6. The van der Waals surface area contributed by atoms with Gasteiger partial charge in [0.05, 0.1) is 0 Å². The van der Waals surface area contributed by atoms with E-state index in [0.29, 0.717) is 32.2 Å². The highest BCUT2D eigenvalue weighted by molar-refractivity contribution is 5.84. The molecule has 1 aromatic rings. The molecule has 32 heavy (non-hydrogen) atoms. The molecular weight excluding hydrogens is 410 g/mol. The topological polar surface area (TPSA) is 108 Å². The second-order valence-corrected chi connectivity index (χ2v) is 9.79. The smallest absolute Gasteiger partial charge is 0.408 e. The number of nitrogens with zero attached hydrogens (tertiary/aromatic N) is 1. The predicted molar refractivity (Wildman–Crippen MR) is 121 cm³/mol. The number of nitrogens with one attached hydrogen (secondary N) is 2. The molecule has 0 aromatic heterocycles. The Bertz CT molecular complexity index is 781. The summed E-state index contributed by atoms with van der Waals surface area (Å²) >= 11 is 0. The van der Waals surface area contributed by atoms with Crippen LogP contribution < -0.4 is 10.6 Å². The molecule has 3 amide bonds. The number of carbonyl (C=O) groups excluding carboxylic acids is 3. The molecule has 2 rings (SSSR count). The van der Waals surface area contributed by atoms with Crippen LogP contribution in [0.1, 0.15) is 59.4 Å². The van der Waals surface area contributed by atoms with Gasteiger partial charge in [-0.25, -0.2) is 9.86 Å². The summed E-state index contributed by atoms with van der Waals surface area (Å²) < 4.78 is 5.53. The normalized spacial score (nSPS) is 18.4. The monoisotopic (exact) mass is 447 g/mol. The molecule has 0 spiro atoms. The van der Waals surface area contributed by atoms with Gasteiger partial charge in [-0.1, -0.05) is 44.2 Å². The third-order valence-corrected chi connectivity index (χ3v) is 5.48. The number of hydrogen-bond acceptors (Lipinski definition) is 5. The van der Waals surface area contributed by atoms with Gasteiger partial charge >= 0.3 is 6.09 Å². The SMILES string of the molecule is CC(C)C[C@H](OC(=O)NC(C)(C)Cc1ccccc1)C(=O)N[C@@H](C)C[C@@H]1CCN(O)C1=O. The van der Waals surface area contributed by atoms with Gasteiger partial charge in [0.1, 0.15) is 0 Å². The minimum Gasteiger partial charge on any atom is -0.436 e. The zero-order valence-corrected chi connectivity index (χ0v) is 19.8. The van der Waals surface area contributed by atoms with Crippen molar-refractivity contribution in [1.82, 2.24) is 15.7 Å². The van der Waals surface area contributed by atoms with Crippen molar-refractivity contribution >= 4 is 17.9 Å². The Labute approximate surface area is 190 Å². The Kier molecular flexibility index (Phi) is 9.07. The Balaban J connectivity index is 1.92. The fourth-order valence-corrected chi connectivity index (χ4v) is 3.98. The molecule has 1 aliphatic rings. The minimum absolute atomic E-state index is 0.144. The Morgan fingerprint density at radius 2 is 1.88 bits per heavy atom. The summed E-state index contributed by atoms with van der Waals surface area (Å²) in [7, 11) is 0. The van der Waals surface area contributed by atoms with Gasteiger partial charge in [0.25, 0.3) is 5.91 Å². The maximum absolute atomic E-state index is 12.8. The molecule has 0 unspecified atom stereocenters. The fraction of sp³-hybridized carbons (Fsp3) is 0.625. The molecule has 3 N–H and O–H groups in total. The van der Waals surface area contributed by atoms with Gasteiger partial charge in [0.15, 0.2) is 6.10 Å². The molecule has 3 atom stereocenters. The number of benzene rings is 1. The lowest BCUT2D eigenvalue weighted by Crippen LogP contribution is -2.49. The van der Waals surface area contributed by atoms with Crippen LogP contribution in [-0.4, -0.2) is 52.4 Å². The molecule has 1 aromatic carbocycles. The van der Waals surface area contributed by atoms with Crippen molar-refractivity contribution in [2.75, 3.05) is 6.54 Å². The van der Waals surface area contributed by atoms with Crippen LogP contribution in [0.2, 0.25) is 0 Å². The number of ether oxygens (including phenoxy) is 1. The first-order valence-electron chi connectivity index (χ1n) is 11.3. The van der Waals surface area contributed by atoms with Crippen LogP contribution in [-0.2, 0) is 20.7 Å². The van der Waals surface area contributed by atoms with Crippen molar-refractivity contribution in [2.24, 2.45) is 11.8 Å². The quantitative estimate of drug-likeness (QED) is 0.477. The van der Waals surface area contributed by atoms with Crippen molar-refractivity contribution in [3.8, 4) is 0 Å². The van der Waals surface area contributed by atoms with E-state index in [0.717, 1.165) is 10.6 Å². The largest absolute Gasteiger partial charge is 0.436 e. The highest BCUT2D eigenvalue weighted by atomic mass is 16.6. The molecule has 0 bridgehead atoms. The molecule has 1 saturated heterocycles. The van der Waals surface area contributed by atoms with Crippen LogP contribution in [0.25, 0.3) is 0 Å². The van der Waals surface area contributed by atoms with Gasteiger partial charge < -0.3 is 15.4 Å². The van der Waals surface area contributed by atoms with Gasteiger partial charge in [-0.05, 0) is 57.9 Å². The van der Waals surface area contributed by atoms with E-state index in [4.69, 9.17) is 4.74 Å². The lowest BCUT2D eigenvalue weighted by atomic mass is 9.95. The van der Waals surface area contributed by atoms with E-state index in [1.807, 2.05) is 58.0 Å². The molecule has 0 radical (unpaired) electrons. The Hall–Kier alpha value is -2.61. The summed E-state index contributed by atoms with van der Waals surface area (Å²) in [6.45, 7) is 9.84. The molecule has 0 aliphatic carbocycles. The van der Waals surface area contributed by atoms with Crippen LogP contribution in [0.4, 0.5) is 4.79 Å². The number of hydrogen-bond donors (Lipinski definition) is 3. The number of amides is 3. The van der Waals surface area contributed by atoms with Crippen LogP contribution >= 0.6 is 0 Å². The van der Waals surface area contributed by atoms with E-state index in [2.05, 4.69) is 10.6 Å². The summed E-state index contributed by atoms with van der Waals surface area (Å²) in [6, 6.07) is 9.54. The first-order chi connectivity index (χ1) is 15.0. The van der Waals surface area contributed by atoms with Gasteiger partial charge in [0.2, 0.25) is 5.91 Å². The highest BCUT2D eigenvalue weighted by Gasteiger charge is 2.33. The number of rotatable bonds is 10. The van der Waals surface area contributed by atoms with Crippen LogP contribution in [0, 0.1) is 11.8 Å². The van der Waals surface area contributed by atoms with Crippen molar-refractivity contribution in [1.29, 1.82) is 0 Å². The number of hydroxylamine groups is 2. The van der Waals surface area contributed by atoms with Crippen LogP contribution in [0.5, 0.6) is 0 Å². The molecule has 1 aliphatic heterocycles. The van der Waals surface area contributed by atoms with E-state index in [9.17, 15) is 19.6 Å². The van der Waals surface area contributed by atoms with Crippen LogP contribution in [0.3, 0.4) is 0 Å². The Morgan fingerprint density at radius 1 is 1.22 bits per heavy atom. The summed E-state index contributed by atoms with van der Waals surface area (Å²) in [5, 5.41) is 15.9. The highest BCUT2D eigenvalue weighted by Crippen LogP contribution is 2.21. The minimum atomic E-state index is -0.932. The second-order valence-electron chi connectivity index (χ2n) is 9.79. The van der Waals surface area contributed by atoms with E-state index in [1.54, 1.807) is 6.92 Å². The lowest BCUT2D eigenvalue weighted by molar-refractivity contribution is -0.160. The standard InChI is InChI=1S/C24H37N3O5/c1-16(2)13-20(21(28)25-17(3)14-19-11-12-27(31)22(19)29)32-23(30)26-24(4,5)15-18-9-7-6-8-10-18/h6-10,16-17,19-20,31H,11-15H2,1-5H3,(H,25,28)(H,26,30)/t17-,19-,20-/m0/s1. The maximum Gasteiger partial charge on any atom is 0.408 e. The van der Waals surface area contributed by atoms with Crippen molar-refractivity contribution in [3.05, 3.63) is 35.9 Å². The molecule has 0 saturated carbocycles. The molecule has 178 valence electrons. The zero-order chi connectivity index (χ0) is 23.9. The third-order valence-electron chi connectivity index (χ3n) is 5.48. The first-order valence-corrected chi connectivity index (χ1v) is 11.3. The summed E-state index contributed by atoms with van der Waals surface area (Å²) in [6.07, 6.45) is 0.419. The number of alkyl carbamates (subject to hydrolysis) is 1. The van der Waals surface area contributed by atoms with Crippen molar-refractivity contribution in [2.45, 2.75) is 78.0 Å². The zero-order valence-electron chi connectivity index (χ0n) is 19.8. The average molecular weight is 448 g/mol. The number of carbonyl (C=O) groups is 3. The molecule has 1 fully saturated rings. The molecule has 1 heterocycles. The van der Waals surface area contributed by atoms with Gasteiger partial charge in [0, 0.05) is 24.0 Å². The van der Waals surface area contributed by atoms with E-state index >= 15 is 0 Å². The van der Waals surface area contributed by atoms with Crippen molar-refractivity contribution < 1.29 is 24.3 Å². The Morgan fingerprint density at radius 3 is 2.44 bits per heavy atom. The average Bonchev–Trinajstić information content (AvgIpc) is 2.99. The summed E-state index contributed by atoms with van der Waals surface area (Å²) in [4.78, 5) is 37.3. The van der Waals surface area contributed by atoms with Gasteiger partial charge in [-0.15, -0.1) is 0 Å². The van der Waals surface area contributed by atoms with Gasteiger partial charge in [-0.2, -0.15) is 0 Å². The van der Waals surface area contributed by atoms with Crippen molar-refractivity contribution in [3.63, 3.8) is 0 Å². The van der Waals surface area contributed by atoms with E-state index < -0.39 is 17.7 Å². The third kappa shape index (κ3) is 8.15. The summed E-state index contributed by atoms with van der Waals surface area (Å²) in [5.74, 6) is -0.873.